The second-order valence-electron chi connectivity index (χ2n) is 11.4. The third-order valence-electron chi connectivity index (χ3n) is 8.68. The molecule has 1 aliphatic heterocycles. The molecule has 0 N–H and O–H groups in total. The molecule has 0 spiro atoms. The van der Waals surface area contributed by atoms with E-state index in [0.29, 0.717) is 33.9 Å². The quantitative estimate of drug-likeness (QED) is 0.146. The van der Waals surface area contributed by atoms with E-state index in [1.807, 2.05) is 36.4 Å². The SMILES string of the molecule is CCN(c1ccc(C)cc1)c1ccc(C2(c3ccc(N(CC)c4ccc(C)cc4)cc3OC)OC(=O)c3cccnc32)c(OC)c1. The number of methoxy groups -OCH3 is 2. The van der Waals surface area contributed by atoms with Gasteiger partial charge in [0.1, 0.15) is 17.2 Å². The molecule has 0 atom stereocenters. The van der Waals surface area contributed by atoms with Gasteiger partial charge in [0.05, 0.1) is 19.8 Å². The number of anilines is 4. The number of cyclic esters (lactones) is 1. The number of ether oxygens (including phenoxy) is 3. The van der Waals surface area contributed by atoms with Crippen LogP contribution in [0.25, 0.3) is 0 Å². The van der Waals surface area contributed by atoms with Crippen LogP contribution < -0.4 is 19.3 Å². The first kappa shape index (κ1) is 30.7. The molecule has 0 fully saturated rings. The van der Waals surface area contributed by atoms with E-state index >= 15 is 0 Å². The Morgan fingerprint density at radius 3 is 1.57 bits per heavy atom. The molecule has 0 saturated heterocycles. The molecular weight excluding hydrogens is 574 g/mol. The summed E-state index contributed by atoms with van der Waals surface area (Å²) in [7, 11) is 3.27. The molecule has 6 rings (SSSR count). The molecular formula is C39H39N3O4. The van der Waals surface area contributed by atoms with Gasteiger partial charge in [-0.05, 0) is 88.4 Å². The normalized spacial score (nSPS) is 13.1. The lowest BCUT2D eigenvalue weighted by Gasteiger charge is -2.33. The Bertz CT molecular complexity index is 1760. The predicted octanol–water partition coefficient (Wildman–Crippen LogP) is 8.49. The molecule has 0 bridgehead atoms. The summed E-state index contributed by atoms with van der Waals surface area (Å²) in [5.74, 6) is 0.677. The molecule has 0 amide bonds. The van der Waals surface area contributed by atoms with Gasteiger partial charge in [-0.25, -0.2) is 4.79 Å². The van der Waals surface area contributed by atoms with E-state index in [9.17, 15) is 4.79 Å². The lowest BCUT2D eigenvalue weighted by Crippen LogP contribution is -2.32. The Hall–Kier alpha value is -5.30. The number of hydrogen-bond acceptors (Lipinski definition) is 7. The maximum Gasteiger partial charge on any atom is 0.341 e. The third kappa shape index (κ3) is 5.21. The van der Waals surface area contributed by atoms with Crippen molar-refractivity contribution in [2.24, 2.45) is 0 Å². The predicted molar refractivity (Wildman–Crippen MR) is 183 cm³/mol. The Morgan fingerprint density at radius 2 is 1.13 bits per heavy atom. The topological polar surface area (TPSA) is 64.1 Å². The van der Waals surface area contributed by atoms with Gasteiger partial charge in [0, 0.05) is 65.3 Å². The molecule has 2 heterocycles. The average Bonchev–Trinajstić information content (AvgIpc) is 3.39. The molecule has 1 aliphatic rings. The molecule has 1 aromatic heterocycles. The van der Waals surface area contributed by atoms with Crippen LogP contribution in [-0.2, 0) is 10.3 Å². The van der Waals surface area contributed by atoms with Crippen molar-refractivity contribution >= 4 is 28.7 Å². The van der Waals surface area contributed by atoms with Crippen molar-refractivity contribution in [3.63, 3.8) is 0 Å². The molecule has 234 valence electrons. The molecule has 4 aromatic carbocycles. The third-order valence-corrected chi connectivity index (χ3v) is 8.68. The summed E-state index contributed by atoms with van der Waals surface area (Å²) in [6, 6.07) is 32.4. The first-order chi connectivity index (χ1) is 22.3. The van der Waals surface area contributed by atoms with Crippen LogP contribution >= 0.6 is 0 Å². The van der Waals surface area contributed by atoms with Crippen molar-refractivity contribution in [3.8, 4) is 11.5 Å². The van der Waals surface area contributed by atoms with Crippen molar-refractivity contribution in [1.82, 2.24) is 4.98 Å². The van der Waals surface area contributed by atoms with E-state index in [-0.39, 0.29) is 0 Å². The second-order valence-corrected chi connectivity index (χ2v) is 11.4. The summed E-state index contributed by atoms with van der Waals surface area (Å²) in [6.45, 7) is 9.89. The fourth-order valence-electron chi connectivity index (χ4n) is 6.36. The fraction of sp³-hybridized carbons (Fsp3) is 0.231. The molecule has 7 heteroatoms. The van der Waals surface area contributed by atoms with Crippen molar-refractivity contribution in [2.75, 3.05) is 37.1 Å². The van der Waals surface area contributed by atoms with Gasteiger partial charge in [-0.15, -0.1) is 0 Å². The van der Waals surface area contributed by atoms with Gasteiger partial charge < -0.3 is 24.0 Å². The number of carbonyl (C=O) groups is 1. The van der Waals surface area contributed by atoms with Gasteiger partial charge in [0.2, 0.25) is 5.60 Å². The average molecular weight is 614 g/mol. The fourth-order valence-corrected chi connectivity index (χ4v) is 6.36. The van der Waals surface area contributed by atoms with E-state index in [1.54, 1.807) is 32.5 Å². The van der Waals surface area contributed by atoms with Crippen LogP contribution in [0, 0.1) is 13.8 Å². The Kier molecular flexibility index (Phi) is 8.41. The van der Waals surface area contributed by atoms with Crippen molar-refractivity contribution < 1.29 is 19.0 Å². The highest BCUT2D eigenvalue weighted by Gasteiger charge is 2.53. The van der Waals surface area contributed by atoms with Crippen LogP contribution in [0.5, 0.6) is 11.5 Å². The molecule has 5 aromatic rings. The van der Waals surface area contributed by atoms with Gasteiger partial charge in [-0.3, -0.25) is 4.98 Å². The lowest BCUT2D eigenvalue weighted by molar-refractivity contribution is 0.0230. The van der Waals surface area contributed by atoms with Crippen LogP contribution in [0.3, 0.4) is 0 Å². The zero-order chi connectivity index (χ0) is 32.4. The van der Waals surface area contributed by atoms with Gasteiger partial charge in [0.25, 0.3) is 0 Å². The molecule has 7 nitrogen and oxygen atoms in total. The minimum atomic E-state index is -1.41. The zero-order valence-corrected chi connectivity index (χ0v) is 27.2. The highest BCUT2D eigenvalue weighted by molar-refractivity contribution is 5.96. The monoisotopic (exact) mass is 613 g/mol. The number of fused-ring (bicyclic) bond motifs is 1. The highest BCUT2D eigenvalue weighted by Crippen LogP contribution is 2.52. The van der Waals surface area contributed by atoms with Crippen LogP contribution in [-0.4, -0.2) is 38.3 Å². The summed E-state index contributed by atoms with van der Waals surface area (Å²) in [6.07, 6.45) is 1.68. The number of benzene rings is 4. The van der Waals surface area contributed by atoms with E-state index < -0.39 is 11.6 Å². The van der Waals surface area contributed by atoms with E-state index in [4.69, 9.17) is 19.2 Å². The van der Waals surface area contributed by atoms with Crippen molar-refractivity contribution in [2.45, 2.75) is 33.3 Å². The number of aryl methyl sites for hydroxylation is 2. The number of hydrogen-bond donors (Lipinski definition) is 0. The Labute approximate surface area is 271 Å². The molecule has 0 aliphatic carbocycles. The summed E-state index contributed by atoms with van der Waals surface area (Å²) >= 11 is 0. The molecule has 0 saturated carbocycles. The minimum Gasteiger partial charge on any atom is -0.496 e. The highest BCUT2D eigenvalue weighted by atomic mass is 16.6. The van der Waals surface area contributed by atoms with E-state index in [1.165, 1.54) is 11.1 Å². The van der Waals surface area contributed by atoms with Gasteiger partial charge >= 0.3 is 5.97 Å². The Balaban J connectivity index is 1.53. The van der Waals surface area contributed by atoms with Crippen LogP contribution in [0.15, 0.2) is 103 Å². The summed E-state index contributed by atoms with van der Waals surface area (Å²) < 4.78 is 18.6. The molecule has 0 unspecified atom stereocenters. The number of nitrogens with zero attached hydrogens (tertiary/aromatic N) is 3. The molecule has 46 heavy (non-hydrogen) atoms. The standard InChI is InChI=1S/C39H39N3O4/c1-7-41(28-15-11-26(3)12-16-28)30-19-21-33(35(24-30)44-5)39(37-32(38(43)46-39)10-9-23-40-37)34-22-20-31(25-36(34)45-6)42(8-2)29-17-13-27(4)14-18-29/h9-25H,7-8H2,1-6H3. The van der Waals surface area contributed by atoms with Crippen LogP contribution in [0.2, 0.25) is 0 Å². The number of esters is 1. The molecule has 0 radical (unpaired) electrons. The van der Waals surface area contributed by atoms with Crippen LogP contribution in [0.4, 0.5) is 22.7 Å². The maximum atomic E-state index is 13.5. The number of rotatable bonds is 10. The zero-order valence-electron chi connectivity index (χ0n) is 27.2. The first-order valence-corrected chi connectivity index (χ1v) is 15.6. The maximum absolute atomic E-state index is 13.5. The van der Waals surface area contributed by atoms with Gasteiger partial charge in [-0.2, -0.15) is 0 Å². The van der Waals surface area contributed by atoms with Gasteiger partial charge in [0.15, 0.2) is 0 Å². The summed E-state index contributed by atoms with van der Waals surface area (Å²) in [4.78, 5) is 22.7. The van der Waals surface area contributed by atoms with Crippen molar-refractivity contribution in [1.29, 1.82) is 0 Å². The number of carbonyl (C=O) groups excluding carboxylic acids is 1. The summed E-state index contributed by atoms with van der Waals surface area (Å²) in [5.41, 5.74) is 7.24. The first-order valence-electron chi connectivity index (χ1n) is 15.6. The number of pyridine rings is 1. The number of aromatic nitrogens is 1. The lowest BCUT2D eigenvalue weighted by atomic mass is 9.81. The Morgan fingerprint density at radius 1 is 0.674 bits per heavy atom. The minimum absolute atomic E-state index is 0.407. The van der Waals surface area contributed by atoms with Gasteiger partial charge in [-0.1, -0.05) is 35.4 Å². The van der Waals surface area contributed by atoms with Crippen LogP contribution in [0.1, 0.15) is 52.2 Å². The summed E-state index contributed by atoms with van der Waals surface area (Å²) in [5, 5.41) is 0. The second kappa shape index (κ2) is 12.6. The van der Waals surface area contributed by atoms with E-state index in [2.05, 4.69) is 86.0 Å². The smallest absolute Gasteiger partial charge is 0.341 e. The largest absolute Gasteiger partial charge is 0.496 e. The van der Waals surface area contributed by atoms with Crippen molar-refractivity contribution in [3.05, 3.63) is 137 Å². The van der Waals surface area contributed by atoms with E-state index in [0.717, 1.165) is 35.8 Å².